The van der Waals surface area contributed by atoms with E-state index in [0.29, 0.717) is 12.2 Å². The fourth-order valence-corrected chi connectivity index (χ4v) is 2.91. The third-order valence-corrected chi connectivity index (χ3v) is 3.77. The van der Waals surface area contributed by atoms with Gasteiger partial charge in [-0.2, -0.15) is 0 Å². The van der Waals surface area contributed by atoms with Gasteiger partial charge in [-0.3, -0.25) is 0 Å². The summed E-state index contributed by atoms with van der Waals surface area (Å²) in [5.41, 5.74) is 8.45. The Morgan fingerprint density at radius 1 is 1.57 bits per heavy atom. The Labute approximate surface area is 125 Å². The van der Waals surface area contributed by atoms with E-state index in [9.17, 15) is 0 Å². The summed E-state index contributed by atoms with van der Waals surface area (Å²) in [7, 11) is 0. The lowest BCUT2D eigenvalue weighted by atomic mass is 10.0. The molecule has 0 spiro atoms. The van der Waals surface area contributed by atoms with Crippen LogP contribution in [0.4, 0.5) is 5.82 Å². The van der Waals surface area contributed by atoms with Crippen LogP contribution in [0.15, 0.2) is 11.2 Å². The lowest BCUT2D eigenvalue weighted by Gasteiger charge is -2.34. The third-order valence-electron chi connectivity index (χ3n) is 3.77. The Morgan fingerprint density at radius 3 is 3.00 bits per heavy atom. The third kappa shape index (κ3) is 3.44. The first-order chi connectivity index (χ1) is 10.1. The van der Waals surface area contributed by atoms with Gasteiger partial charge in [-0.05, 0) is 45.2 Å². The SMILES string of the molecule is CCOC1CCCN(c2nc(C)cc(C)c2C(N)=NO)C1. The van der Waals surface area contributed by atoms with Crippen LogP contribution in [0.25, 0.3) is 0 Å². The number of nitrogens with two attached hydrogens (primary N) is 1. The summed E-state index contributed by atoms with van der Waals surface area (Å²) in [6.45, 7) is 8.33. The monoisotopic (exact) mass is 292 g/mol. The highest BCUT2D eigenvalue weighted by molar-refractivity contribution is 6.02. The summed E-state index contributed by atoms with van der Waals surface area (Å²) in [6.07, 6.45) is 2.33. The summed E-state index contributed by atoms with van der Waals surface area (Å²) in [5.74, 6) is 0.890. The second kappa shape index (κ2) is 6.76. The number of nitrogens with zero attached hydrogens (tertiary/aromatic N) is 3. The average Bonchev–Trinajstić information content (AvgIpc) is 2.46. The number of piperidine rings is 1. The lowest BCUT2D eigenvalue weighted by molar-refractivity contribution is 0.0525. The first-order valence-electron chi connectivity index (χ1n) is 7.39. The van der Waals surface area contributed by atoms with Crippen molar-refractivity contribution in [2.45, 2.75) is 39.7 Å². The Morgan fingerprint density at radius 2 is 2.33 bits per heavy atom. The molecule has 0 bridgehead atoms. The molecule has 1 aliphatic rings. The van der Waals surface area contributed by atoms with Crippen molar-refractivity contribution < 1.29 is 9.94 Å². The predicted octanol–water partition coefficient (Wildman–Crippen LogP) is 1.80. The van der Waals surface area contributed by atoms with E-state index in [1.54, 1.807) is 0 Å². The van der Waals surface area contributed by atoms with Gasteiger partial charge in [0, 0.05) is 25.4 Å². The van der Waals surface area contributed by atoms with Gasteiger partial charge in [0.2, 0.25) is 0 Å². The summed E-state index contributed by atoms with van der Waals surface area (Å²) in [6, 6.07) is 1.95. The molecular weight excluding hydrogens is 268 g/mol. The zero-order valence-corrected chi connectivity index (χ0v) is 13.0. The number of rotatable bonds is 4. The summed E-state index contributed by atoms with van der Waals surface area (Å²) >= 11 is 0. The minimum absolute atomic E-state index is 0.105. The highest BCUT2D eigenvalue weighted by atomic mass is 16.5. The average molecular weight is 292 g/mol. The van der Waals surface area contributed by atoms with Gasteiger partial charge in [-0.1, -0.05) is 5.16 Å². The van der Waals surface area contributed by atoms with E-state index in [1.807, 2.05) is 26.8 Å². The summed E-state index contributed by atoms with van der Waals surface area (Å²) < 4.78 is 5.74. The molecule has 1 aromatic heterocycles. The van der Waals surface area contributed by atoms with Gasteiger partial charge in [-0.25, -0.2) is 4.98 Å². The van der Waals surface area contributed by atoms with E-state index in [-0.39, 0.29) is 11.9 Å². The normalized spacial score (nSPS) is 19.9. The molecule has 1 aromatic rings. The largest absolute Gasteiger partial charge is 0.409 e. The van der Waals surface area contributed by atoms with Crippen molar-refractivity contribution in [1.29, 1.82) is 0 Å². The van der Waals surface area contributed by atoms with Crippen molar-refractivity contribution in [1.82, 2.24) is 4.98 Å². The zero-order chi connectivity index (χ0) is 15.4. The molecule has 1 unspecified atom stereocenters. The molecule has 0 aromatic carbocycles. The molecule has 0 radical (unpaired) electrons. The molecule has 6 heteroatoms. The lowest BCUT2D eigenvalue weighted by Crippen LogP contribution is -2.41. The van der Waals surface area contributed by atoms with Crippen molar-refractivity contribution in [3.05, 3.63) is 22.9 Å². The minimum Gasteiger partial charge on any atom is -0.409 e. The number of hydrogen-bond acceptors (Lipinski definition) is 5. The molecule has 3 N–H and O–H groups in total. The van der Waals surface area contributed by atoms with Crippen molar-refractivity contribution in [3.8, 4) is 0 Å². The van der Waals surface area contributed by atoms with E-state index in [4.69, 9.17) is 15.7 Å². The van der Waals surface area contributed by atoms with Crippen LogP contribution in [-0.4, -0.2) is 41.8 Å². The summed E-state index contributed by atoms with van der Waals surface area (Å²) in [5, 5.41) is 12.2. The first kappa shape index (κ1) is 15.6. The highest BCUT2D eigenvalue weighted by Gasteiger charge is 2.25. The van der Waals surface area contributed by atoms with Crippen LogP contribution in [0.5, 0.6) is 0 Å². The standard InChI is InChI=1S/C15H24N4O2/c1-4-21-12-6-5-7-19(9-12)15-13(14(16)18-20)10(2)8-11(3)17-15/h8,12,20H,4-7,9H2,1-3H3,(H2,16,18). The molecule has 116 valence electrons. The minimum atomic E-state index is 0.105. The second-order valence-corrected chi connectivity index (χ2v) is 5.43. The van der Waals surface area contributed by atoms with Crippen LogP contribution in [0, 0.1) is 13.8 Å². The number of aryl methyl sites for hydroxylation is 2. The molecule has 6 nitrogen and oxygen atoms in total. The van der Waals surface area contributed by atoms with Gasteiger partial charge >= 0.3 is 0 Å². The number of oxime groups is 1. The fraction of sp³-hybridized carbons (Fsp3) is 0.600. The van der Waals surface area contributed by atoms with Gasteiger partial charge in [0.15, 0.2) is 5.84 Å². The number of ether oxygens (including phenoxy) is 1. The molecule has 0 saturated carbocycles. The van der Waals surface area contributed by atoms with Gasteiger partial charge in [0.05, 0.1) is 11.7 Å². The Bertz CT molecular complexity index is 529. The van der Waals surface area contributed by atoms with E-state index >= 15 is 0 Å². The molecule has 21 heavy (non-hydrogen) atoms. The maximum absolute atomic E-state index is 9.03. The molecule has 1 aliphatic heterocycles. The molecule has 1 saturated heterocycles. The van der Waals surface area contributed by atoms with Crippen LogP contribution in [-0.2, 0) is 4.74 Å². The highest BCUT2D eigenvalue weighted by Crippen LogP contribution is 2.26. The van der Waals surface area contributed by atoms with Crippen LogP contribution in [0.2, 0.25) is 0 Å². The van der Waals surface area contributed by atoms with Crippen LogP contribution in [0.3, 0.4) is 0 Å². The van der Waals surface area contributed by atoms with Crippen LogP contribution < -0.4 is 10.6 Å². The van der Waals surface area contributed by atoms with Crippen LogP contribution >= 0.6 is 0 Å². The summed E-state index contributed by atoms with van der Waals surface area (Å²) in [4.78, 5) is 6.80. The van der Waals surface area contributed by atoms with Crippen molar-refractivity contribution in [2.24, 2.45) is 10.9 Å². The number of anilines is 1. The van der Waals surface area contributed by atoms with Crippen molar-refractivity contribution in [2.75, 3.05) is 24.6 Å². The van der Waals surface area contributed by atoms with Crippen molar-refractivity contribution in [3.63, 3.8) is 0 Å². The Kier molecular flexibility index (Phi) is 5.01. The fourth-order valence-electron chi connectivity index (χ4n) is 2.91. The smallest absolute Gasteiger partial charge is 0.174 e. The van der Waals surface area contributed by atoms with E-state index < -0.39 is 0 Å². The Hall–Kier alpha value is -1.82. The quantitative estimate of drug-likeness (QED) is 0.382. The second-order valence-electron chi connectivity index (χ2n) is 5.43. The van der Waals surface area contributed by atoms with Gasteiger partial charge in [0.1, 0.15) is 5.82 Å². The molecule has 1 fully saturated rings. The number of amidine groups is 1. The topological polar surface area (TPSA) is 84.0 Å². The molecule has 2 rings (SSSR count). The maximum Gasteiger partial charge on any atom is 0.174 e. The first-order valence-corrected chi connectivity index (χ1v) is 7.39. The van der Waals surface area contributed by atoms with Gasteiger partial charge in [0.25, 0.3) is 0 Å². The van der Waals surface area contributed by atoms with Crippen molar-refractivity contribution >= 4 is 11.7 Å². The van der Waals surface area contributed by atoms with E-state index in [1.165, 1.54) is 0 Å². The maximum atomic E-state index is 9.03. The van der Waals surface area contributed by atoms with Gasteiger partial charge < -0.3 is 20.6 Å². The Balaban J connectivity index is 2.37. The number of hydrogen-bond donors (Lipinski definition) is 2. The van der Waals surface area contributed by atoms with Crippen LogP contribution in [0.1, 0.15) is 36.6 Å². The van der Waals surface area contributed by atoms with E-state index in [0.717, 1.165) is 43.0 Å². The number of pyridine rings is 1. The van der Waals surface area contributed by atoms with Gasteiger partial charge in [-0.15, -0.1) is 0 Å². The molecule has 2 heterocycles. The number of aromatic nitrogens is 1. The predicted molar refractivity (Wildman–Crippen MR) is 83.1 cm³/mol. The molecule has 0 amide bonds. The zero-order valence-electron chi connectivity index (χ0n) is 13.0. The molecule has 0 aliphatic carbocycles. The molecular formula is C15H24N4O2. The van der Waals surface area contributed by atoms with E-state index in [2.05, 4.69) is 15.0 Å². The molecule has 1 atom stereocenters.